The molecule has 2 aromatic rings. The van der Waals surface area contributed by atoms with Gasteiger partial charge in [-0.05, 0) is 81.6 Å². The second-order valence-electron chi connectivity index (χ2n) is 7.12. The van der Waals surface area contributed by atoms with Crippen LogP contribution >= 0.6 is 15.9 Å². The van der Waals surface area contributed by atoms with Gasteiger partial charge in [-0.3, -0.25) is 4.90 Å². The predicted octanol–water partition coefficient (Wildman–Crippen LogP) is 5.85. The van der Waals surface area contributed by atoms with Crippen molar-refractivity contribution in [1.29, 1.82) is 0 Å². The number of ether oxygens (including phenoxy) is 2. The summed E-state index contributed by atoms with van der Waals surface area (Å²) in [5.41, 5.74) is 2.61. The summed E-state index contributed by atoms with van der Waals surface area (Å²) in [6.45, 7) is 8.30. The van der Waals surface area contributed by atoms with Crippen LogP contribution in [0.4, 0.5) is 10.5 Å². The number of fused-ring (bicyclic) bond motifs is 1. The minimum absolute atomic E-state index is 0.299. The van der Waals surface area contributed by atoms with E-state index in [1.807, 2.05) is 64.1 Å². The highest BCUT2D eigenvalue weighted by atomic mass is 79.9. The Morgan fingerprint density at radius 2 is 1.80 bits per heavy atom. The molecule has 1 amide bonds. The lowest BCUT2D eigenvalue weighted by Gasteiger charge is -2.25. The number of hydrogen-bond acceptors (Lipinski definition) is 3. The van der Waals surface area contributed by atoms with Crippen molar-refractivity contribution in [3.8, 4) is 11.5 Å². The maximum absolute atomic E-state index is 12.4. The van der Waals surface area contributed by atoms with Gasteiger partial charge >= 0.3 is 6.09 Å². The topological polar surface area (TPSA) is 38.8 Å². The van der Waals surface area contributed by atoms with Gasteiger partial charge in [0.1, 0.15) is 17.1 Å². The largest absolute Gasteiger partial charge is 0.457 e. The second kappa shape index (κ2) is 6.71. The first kappa shape index (κ1) is 17.8. The molecule has 0 aromatic heterocycles. The van der Waals surface area contributed by atoms with E-state index >= 15 is 0 Å². The smallest absolute Gasteiger partial charge is 0.414 e. The lowest BCUT2D eigenvalue weighted by Crippen LogP contribution is -2.35. The highest BCUT2D eigenvalue weighted by Gasteiger charge is 2.30. The first-order valence-electron chi connectivity index (χ1n) is 8.31. The van der Waals surface area contributed by atoms with Gasteiger partial charge in [0.15, 0.2) is 0 Å². The van der Waals surface area contributed by atoms with Gasteiger partial charge in [0.25, 0.3) is 0 Å². The van der Waals surface area contributed by atoms with Crippen molar-refractivity contribution in [1.82, 2.24) is 0 Å². The Bertz CT molecular complexity index is 794. The Hall–Kier alpha value is -2.01. The van der Waals surface area contributed by atoms with Gasteiger partial charge < -0.3 is 9.47 Å². The van der Waals surface area contributed by atoms with E-state index in [0.29, 0.717) is 6.54 Å². The molecule has 1 aliphatic rings. The van der Waals surface area contributed by atoms with E-state index < -0.39 is 5.60 Å². The molecule has 0 unspecified atom stereocenters. The standard InChI is InChI=1S/C20H22BrNO3/c1-13-16-11-12-22(19(23)25-20(2,3)4)17(16)9-10-18(13)24-15-7-5-14(21)6-8-15/h5-10H,11-12H2,1-4H3. The summed E-state index contributed by atoms with van der Waals surface area (Å²) in [4.78, 5) is 14.1. The molecule has 5 heteroatoms. The van der Waals surface area contributed by atoms with Gasteiger partial charge in [-0.2, -0.15) is 0 Å². The molecule has 4 nitrogen and oxygen atoms in total. The fourth-order valence-electron chi connectivity index (χ4n) is 2.88. The van der Waals surface area contributed by atoms with Crippen molar-refractivity contribution < 1.29 is 14.3 Å². The van der Waals surface area contributed by atoms with Gasteiger partial charge in [-0.15, -0.1) is 0 Å². The number of carbonyl (C=O) groups excluding carboxylic acids is 1. The monoisotopic (exact) mass is 403 g/mol. The van der Waals surface area contributed by atoms with Crippen LogP contribution in [0.5, 0.6) is 11.5 Å². The van der Waals surface area contributed by atoms with Crippen molar-refractivity contribution in [3.63, 3.8) is 0 Å². The summed E-state index contributed by atoms with van der Waals surface area (Å²) in [6, 6.07) is 11.6. The third kappa shape index (κ3) is 3.98. The quantitative estimate of drug-likeness (QED) is 0.631. The van der Waals surface area contributed by atoms with Gasteiger partial charge in [-0.25, -0.2) is 4.79 Å². The summed E-state index contributed by atoms with van der Waals surface area (Å²) in [5, 5.41) is 0. The van der Waals surface area contributed by atoms with Crippen LogP contribution in [0.3, 0.4) is 0 Å². The maximum Gasteiger partial charge on any atom is 0.414 e. The molecular formula is C20H22BrNO3. The zero-order chi connectivity index (χ0) is 18.2. The normalized spacial score (nSPS) is 13.6. The summed E-state index contributed by atoms with van der Waals surface area (Å²) in [5.74, 6) is 1.60. The fraction of sp³-hybridized carbons (Fsp3) is 0.350. The maximum atomic E-state index is 12.4. The summed E-state index contributed by atoms with van der Waals surface area (Å²) < 4.78 is 12.5. The molecule has 0 fully saturated rings. The first-order chi connectivity index (χ1) is 11.7. The summed E-state index contributed by atoms with van der Waals surface area (Å²) in [6.07, 6.45) is 0.505. The summed E-state index contributed by atoms with van der Waals surface area (Å²) >= 11 is 3.42. The van der Waals surface area contributed by atoms with Crippen LogP contribution in [0.25, 0.3) is 0 Å². The van der Waals surface area contributed by atoms with E-state index in [2.05, 4.69) is 15.9 Å². The highest BCUT2D eigenvalue weighted by molar-refractivity contribution is 9.10. The second-order valence-corrected chi connectivity index (χ2v) is 8.04. The average Bonchev–Trinajstić information content (AvgIpc) is 2.95. The van der Waals surface area contributed by atoms with E-state index in [1.54, 1.807) is 4.90 Å². The minimum Gasteiger partial charge on any atom is -0.457 e. The number of halogens is 1. The van der Waals surface area contributed by atoms with Crippen LogP contribution in [0.1, 0.15) is 31.9 Å². The van der Waals surface area contributed by atoms with Crippen molar-refractivity contribution in [2.75, 3.05) is 11.4 Å². The molecule has 1 aliphatic heterocycles. The average molecular weight is 404 g/mol. The molecule has 0 radical (unpaired) electrons. The number of rotatable bonds is 2. The van der Waals surface area contributed by atoms with E-state index in [4.69, 9.17) is 9.47 Å². The molecule has 0 atom stereocenters. The van der Waals surface area contributed by atoms with E-state index in [0.717, 1.165) is 39.2 Å². The number of hydrogen-bond donors (Lipinski definition) is 0. The molecule has 0 spiro atoms. The van der Waals surface area contributed by atoms with Crippen molar-refractivity contribution in [2.24, 2.45) is 0 Å². The molecule has 25 heavy (non-hydrogen) atoms. The van der Waals surface area contributed by atoms with Crippen LogP contribution in [-0.4, -0.2) is 18.2 Å². The van der Waals surface area contributed by atoms with E-state index in [-0.39, 0.29) is 6.09 Å². The predicted molar refractivity (Wildman–Crippen MR) is 103 cm³/mol. The molecule has 132 valence electrons. The number of amides is 1. The Kier molecular flexibility index (Phi) is 4.78. The fourth-order valence-corrected chi connectivity index (χ4v) is 3.14. The Morgan fingerprint density at radius 1 is 1.12 bits per heavy atom. The zero-order valence-electron chi connectivity index (χ0n) is 14.9. The molecule has 0 saturated heterocycles. The Morgan fingerprint density at radius 3 is 2.44 bits per heavy atom. The molecular weight excluding hydrogens is 382 g/mol. The number of nitrogens with zero attached hydrogens (tertiary/aromatic N) is 1. The third-order valence-electron chi connectivity index (χ3n) is 4.06. The molecule has 0 saturated carbocycles. The SMILES string of the molecule is Cc1c(Oc2ccc(Br)cc2)ccc2c1CCN2C(=O)OC(C)(C)C. The van der Waals surface area contributed by atoms with E-state index in [9.17, 15) is 4.79 Å². The lowest BCUT2D eigenvalue weighted by atomic mass is 10.1. The van der Waals surface area contributed by atoms with Crippen LogP contribution < -0.4 is 9.64 Å². The van der Waals surface area contributed by atoms with Crippen LogP contribution in [0, 0.1) is 6.92 Å². The number of benzene rings is 2. The first-order valence-corrected chi connectivity index (χ1v) is 9.10. The molecule has 2 aromatic carbocycles. The van der Waals surface area contributed by atoms with Crippen molar-refractivity contribution in [2.45, 2.75) is 39.7 Å². The third-order valence-corrected chi connectivity index (χ3v) is 4.58. The number of carbonyl (C=O) groups is 1. The molecule has 0 bridgehead atoms. The molecule has 1 heterocycles. The van der Waals surface area contributed by atoms with Gasteiger partial charge in [0.05, 0.1) is 5.69 Å². The van der Waals surface area contributed by atoms with Crippen LogP contribution in [0.15, 0.2) is 40.9 Å². The Balaban J connectivity index is 1.83. The lowest BCUT2D eigenvalue weighted by molar-refractivity contribution is 0.0584. The van der Waals surface area contributed by atoms with Crippen LogP contribution in [0.2, 0.25) is 0 Å². The highest BCUT2D eigenvalue weighted by Crippen LogP contribution is 2.38. The van der Waals surface area contributed by atoms with Gasteiger partial charge in [-0.1, -0.05) is 15.9 Å². The van der Waals surface area contributed by atoms with Crippen molar-refractivity contribution in [3.05, 3.63) is 52.0 Å². The van der Waals surface area contributed by atoms with Gasteiger partial charge in [0, 0.05) is 11.0 Å². The minimum atomic E-state index is -0.500. The van der Waals surface area contributed by atoms with E-state index in [1.165, 1.54) is 0 Å². The van der Waals surface area contributed by atoms with Gasteiger partial charge in [0.2, 0.25) is 0 Å². The molecule has 0 N–H and O–H groups in total. The van der Waals surface area contributed by atoms with Crippen LogP contribution in [-0.2, 0) is 11.2 Å². The summed E-state index contributed by atoms with van der Waals surface area (Å²) in [7, 11) is 0. The molecule has 0 aliphatic carbocycles. The van der Waals surface area contributed by atoms with Crippen molar-refractivity contribution >= 4 is 27.7 Å². The number of anilines is 1. The zero-order valence-corrected chi connectivity index (χ0v) is 16.5. The Labute approximate surface area is 156 Å². The molecule has 3 rings (SSSR count).